The third kappa shape index (κ3) is 4.95. The number of ether oxygens (including phenoxy) is 1. The fraction of sp³-hybridized carbons (Fsp3) is 0.500. The standard InChI is InChI=1S/C26H32N2O4/c1-32-26(31)23-12-7-15-28(23)25(30)22(16-18-8-3-2-4-9-18)27-24(29)21-14-13-19-10-5-6-11-20(19)17-21/h5-6,10-11,13-14,17-18,22-23H,2-4,7-9,12,15-16H2,1H3,(H,27,29)/t22?,23-/m0/s1. The molecule has 1 aliphatic heterocycles. The van der Waals surface area contributed by atoms with Crippen molar-refractivity contribution in [3.05, 3.63) is 48.0 Å². The van der Waals surface area contributed by atoms with Crippen molar-refractivity contribution >= 4 is 28.6 Å². The summed E-state index contributed by atoms with van der Waals surface area (Å²) in [5, 5.41) is 5.07. The number of rotatable bonds is 6. The molecule has 1 unspecified atom stereocenters. The molecule has 2 aromatic rings. The Labute approximate surface area is 189 Å². The summed E-state index contributed by atoms with van der Waals surface area (Å²) in [6.07, 6.45) is 7.70. The number of esters is 1. The molecule has 6 nitrogen and oxygen atoms in total. The molecule has 1 aliphatic carbocycles. The molecule has 0 bridgehead atoms. The second kappa shape index (κ2) is 10.2. The molecule has 6 heteroatoms. The number of hydrogen-bond acceptors (Lipinski definition) is 4. The van der Waals surface area contributed by atoms with E-state index in [9.17, 15) is 14.4 Å². The minimum absolute atomic E-state index is 0.169. The second-order valence-corrected chi connectivity index (χ2v) is 9.04. The van der Waals surface area contributed by atoms with Crippen molar-refractivity contribution in [2.24, 2.45) is 5.92 Å². The van der Waals surface area contributed by atoms with Crippen LogP contribution in [0.4, 0.5) is 0 Å². The van der Waals surface area contributed by atoms with Crippen LogP contribution in [0.1, 0.15) is 61.7 Å². The van der Waals surface area contributed by atoms with E-state index in [1.54, 1.807) is 11.0 Å². The lowest BCUT2D eigenvalue weighted by molar-refractivity contribution is -0.151. The number of hydrogen-bond donors (Lipinski definition) is 1. The Morgan fingerprint density at radius 1 is 1.00 bits per heavy atom. The van der Waals surface area contributed by atoms with Gasteiger partial charge < -0.3 is 15.0 Å². The van der Waals surface area contributed by atoms with Crippen LogP contribution >= 0.6 is 0 Å². The first kappa shape index (κ1) is 22.3. The van der Waals surface area contributed by atoms with E-state index in [0.29, 0.717) is 30.9 Å². The number of amides is 2. The maximum absolute atomic E-state index is 13.5. The Hall–Kier alpha value is -2.89. The van der Waals surface area contributed by atoms with Gasteiger partial charge in [-0.15, -0.1) is 0 Å². The SMILES string of the molecule is COC(=O)[C@@H]1CCCN1C(=O)C(CC1CCCCC1)NC(=O)c1ccc2ccccc2c1. The third-order valence-corrected chi connectivity index (χ3v) is 6.92. The van der Waals surface area contributed by atoms with E-state index < -0.39 is 12.1 Å². The maximum atomic E-state index is 13.5. The number of carbonyl (C=O) groups excluding carboxylic acids is 3. The Morgan fingerprint density at radius 3 is 2.50 bits per heavy atom. The third-order valence-electron chi connectivity index (χ3n) is 6.92. The predicted octanol–water partition coefficient (Wildman–Crippen LogP) is 4.07. The molecule has 1 saturated heterocycles. The lowest BCUT2D eigenvalue weighted by Crippen LogP contribution is -2.52. The molecule has 1 N–H and O–H groups in total. The molecule has 1 heterocycles. The van der Waals surface area contributed by atoms with Crippen LogP contribution in [0.2, 0.25) is 0 Å². The fourth-order valence-electron chi connectivity index (χ4n) is 5.16. The minimum atomic E-state index is -0.637. The van der Waals surface area contributed by atoms with Crippen LogP contribution in [0.3, 0.4) is 0 Å². The summed E-state index contributed by atoms with van der Waals surface area (Å²) in [7, 11) is 1.35. The molecular weight excluding hydrogens is 404 g/mol. The predicted molar refractivity (Wildman–Crippen MR) is 123 cm³/mol. The normalized spacial score (nSPS) is 20.2. The van der Waals surface area contributed by atoms with Crippen molar-refractivity contribution in [2.75, 3.05) is 13.7 Å². The van der Waals surface area contributed by atoms with E-state index >= 15 is 0 Å². The molecule has 2 fully saturated rings. The van der Waals surface area contributed by atoms with Gasteiger partial charge in [0, 0.05) is 12.1 Å². The highest BCUT2D eigenvalue weighted by Crippen LogP contribution is 2.29. The van der Waals surface area contributed by atoms with Crippen molar-refractivity contribution in [3.63, 3.8) is 0 Å². The summed E-state index contributed by atoms with van der Waals surface area (Å²) in [5.74, 6) is -0.391. The van der Waals surface area contributed by atoms with Gasteiger partial charge in [-0.05, 0) is 48.1 Å². The smallest absolute Gasteiger partial charge is 0.328 e. The molecule has 0 radical (unpaired) electrons. The molecule has 2 amide bonds. The van der Waals surface area contributed by atoms with E-state index in [4.69, 9.17) is 4.74 Å². The van der Waals surface area contributed by atoms with Crippen LogP contribution in [0.25, 0.3) is 10.8 Å². The molecule has 0 aromatic heterocycles. The fourth-order valence-corrected chi connectivity index (χ4v) is 5.16. The minimum Gasteiger partial charge on any atom is -0.467 e. The summed E-state index contributed by atoms with van der Waals surface area (Å²) in [6.45, 7) is 0.519. The van der Waals surface area contributed by atoms with Gasteiger partial charge in [0.1, 0.15) is 12.1 Å². The Bertz CT molecular complexity index is 983. The lowest BCUT2D eigenvalue weighted by atomic mass is 9.84. The Kier molecular flexibility index (Phi) is 7.08. The summed E-state index contributed by atoms with van der Waals surface area (Å²) in [5.41, 5.74) is 0.538. The number of carbonyl (C=O) groups is 3. The van der Waals surface area contributed by atoms with Crippen molar-refractivity contribution in [1.29, 1.82) is 0 Å². The highest BCUT2D eigenvalue weighted by molar-refractivity contribution is 6.01. The van der Waals surface area contributed by atoms with Gasteiger partial charge in [-0.2, -0.15) is 0 Å². The topological polar surface area (TPSA) is 75.7 Å². The average molecular weight is 437 g/mol. The maximum Gasteiger partial charge on any atom is 0.328 e. The number of benzene rings is 2. The molecule has 170 valence electrons. The van der Waals surface area contributed by atoms with Gasteiger partial charge in [0.05, 0.1) is 7.11 Å². The molecule has 2 atom stereocenters. The van der Waals surface area contributed by atoms with Crippen molar-refractivity contribution in [3.8, 4) is 0 Å². The monoisotopic (exact) mass is 436 g/mol. The quantitative estimate of drug-likeness (QED) is 0.693. The number of nitrogens with zero attached hydrogens (tertiary/aromatic N) is 1. The van der Waals surface area contributed by atoms with Crippen molar-refractivity contribution in [1.82, 2.24) is 10.2 Å². The molecule has 0 spiro atoms. The summed E-state index contributed by atoms with van der Waals surface area (Å²) >= 11 is 0. The number of fused-ring (bicyclic) bond motifs is 1. The molecule has 2 aliphatic rings. The zero-order valence-electron chi connectivity index (χ0n) is 18.7. The van der Waals surface area contributed by atoms with E-state index in [2.05, 4.69) is 5.32 Å². The first-order chi connectivity index (χ1) is 15.6. The summed E-state index contributed by atoms with van der Waals surface area (Å²) < 4.78 is 4.92. The molecule has 2 aromatic carbocycles. The average Bonchev–Trinajstić information content (AvgIpc) is 3.33. The summed E-state index contributed by atoms with van der Waals surface area (Å²) in [6, 6.07) is 12.3. The van der Waals surface area contributed by atoms with E-state index in [1.165, 1.54) is 26.4 Å². The van der Waals surface area contributed by atoms with E-state index in [0.717, 1.165) is 30.0 Å². The van der Waals surface area contributed by atoms with Gasteiger partial charge in [0.2, 0.25) is 5.91 Å². The second-order valence-electron chi connectivity index (χ2n) is 9.04. The largest absolute Gasteiger partial charge is 0.467 e. The van der Waals surface area contributed by atoms with E-state index in [1.807, 2.05) is 36.4 Å². The zero-order chi connectivity index (χ0) is 22.5. The van der Waals surface area contributed by atoms with Crippen molar-refractivity contribution in [2.45, 2.75) is 63.5 Å². The van der Waals surface area contributed by atoms with Crippen LogP contribution in [0.5, 0.6) is 0 Å². The van der Waals surface area contributed by atoms with Gasteiger partial charge in [-0.3, -0.25) is 9.59 Å². The highest BCUT2D eigenvalue weighted by atomic mass is 16.5. The van der Waals surface area contributed by atoms with Crippen LogP contribution in [-0.2, 0) is 14.3 Å². The van der Waals surface area contributed by atoms with Gasteiger partial charge >= 0.3 is 5.97 Å². The van der Waals surface area contributed by atoms with Gasteiger partial charge in [0.15, 0.2) is 0 Å². The Morgan fingerprint density at radius 2 is 1.75 bits per heavy atom. The first-order valence-corrected chi connectivity index (χ1v) is 11.7. The number of likely N-dealkylation sites (tertiary alicyclic amines) is 1. The molecule has 1 saturated carbocycles. The van der Waals surface area contributed by atoms with Crippen molar-refractivity contribution < 1.29 is 19.1 Å². The Balaban J connectivity index is 1.54. The lowest BCUT2D eigenvalue weighted by Gasteiger charge is -2.31. The number of nitrogens with one attached hydrogen (secondary N) is 1. The number of methoxy groups -OCH3 is 1. The highest BCUT2D eigenvalue weighted by Gasteiger charge is 2.39. The van der Waals surface area contributed by atoms with Crippen LogP contribution < -0.4 is 5.32 Å². The van der Waals surface area contributed by atoms with Gasteiger partial charge in [-0.25, -0.2) is 4.79 Å². The van der Waals surface area contributed by atoms with Crippen LogP contribution in [0, 0.1) is 5.92 Å². The first-order valence-electron chi connectivity index (χ1n) is 11.7. The molecular formula is C26H32N2O4. The zero-order valence-corrected chi connectivity index (χ0v) is 18.7. The van der Waals surface area contributed by atoms with E-state index in [-0.39, 0.29) is 17.8 Å². The van der Waals surface area contributed by atoms with Gasteiger partial charge in [0.25, 0.3) is 5.91 Å². The van der Waals surface area contributed by atoms with Gasteiger partial charge in [-0.1, -0.05) is 62.4 Å². The summed E-state index contributed by atoms with van der Waals surface area (Å²) in [4.78, 5) is 40.5. The van der Waals surface area contributed by atoms with Crippen LogP contribution in [0.15, 0.2) is 42.5 Å². The molecule has 4 rings (SSSR count). The van der Waals surface area contributed by atoms with Crippen LogP contribution in [-0.4, -0.2) is 48.4 Å². The molecule has 32 heavy (non-hydrogen) atoms.